The minimum Gasteiger partial charge on any atom is -0.453 e. The van der Waals surface area contributed by atoms with Crippen LogP contribution in [-0.2, 0) is 9.53 Å². The highest BCUT2D eigenvalue weighted by atomic mass is 35.5. The third kappa shape index (κ3) is 4.38. The average molecular weight is 349 g/mol. The Balaban J connectivity index is 2.33. The Bertz CT molecular complexity index is 673. The molecule has 2 amide bonds. The Morgan fingerprint density at radius 2 is 2.09 bits per heavy atom. The van der Waals surface area contributed by atoms with Crippen molar-refractivity contribution in [2.75, 3.05) is 6.61 Å². The highest BCUT2D eigenvalue weighted by Gasteiger charge is 2.35. The quantitative estimate of drug-likeness (QED) is 0.825. The number of allylic oxidation sites excluding steroid dienone is 1. The predicted molar refractivity (Wildman–Crippen MR) is 75.6 cm³/mol. The zero-order chi connectivity index (χ0) is 17.2. The fourth-order valence-corrected chi connectivity index (χ4v) is 2.32. The van der Waals surface area contributed by atoms with Gasteiger partial charge >= 0.3 is 18.2 Å². The number of hydrogen-bond donors (Lipinski definition) is 2. The van der Waals surface area contributed by atoms with Gasteiger partial charge < -0.3 is 15.4 Å². The van der Waals surface area contributed by atoms with Crippen molar-refractivity contribution in [3.8, 4) is 0 Å². The van der Waals surface area contributed by atoms with Crippen molar-refractivity contribution in [2.45, 2.75) is 19.1 Å². The van der Waals surface area contributed by atoms with Crippen LogP contribution in [0.3, 0.4) is 0 Å². The molecule has 5 nitrogen and oxygen atoms in total. The highest BCUT2D eigenvalue weighted by molar-refractivity contribution is 6.30. The van der Waals surface area contributed by atoms with E-state index in [4.69, 9.17) is 11.6 Å². The van der Waals surface area contributed by atoms with E-state index in [0.717, 1.165) is 0 Å². The van der Waals surface area contributed by atoms with Gasteiger partial charge in [-0.2, -0.15) is 13.2 Å². The second kappa shape index (κ2) is 6.49. The van der Waals surface area contributed by atoms with Crippen LogP contribution >= 0.6 is 11.6 Å². The molecule has 0 spiro atoms. The molecule has 2 N–H and O–H groups in total. The van der Waals surface area contributed by atoms with Gasteiger partial charge in [-0.05, 0) is 24.6 Å². The fourth-order valence-electron chi connectivity index (χ4n) is 2.13. The van der Waals surface area contributed by atoms with E-state index in [-0.39, 0.29) is 11.3 Å². The summed E-state index contributed by atoms with van der Waals surface area (Å²) in [5.74, 6) is -1.17. The minimum atomic E-state index is -4.64. The van der Waals surface area contributed by atoms with Crippen LogP contribution in [0.15, 0.2) is 35.5 Å². The first-order chi connectivity index (χ1) is 10.7. The molecule has 0 unspecified atom stereocenters. The maximum atomic E-state index is 12.2. The van der Waals surface area contributed by atoms with Gasteiger partial charge in [-0.3, -0.25) is 0 Å². The maximum absolute atomic E-state index is 12.2. The van der Waals surface area contributed by atoms with E-state index in [9.17, 15) is 22.8 Å². The lowest BCUT2D eigenvalue weighted by Crippen LogP contribution is -2.45. The van der Waals surface area contributed by atoms with Gasteiger partial charge in [0.05, 0.1) is 11.6 Å². The third-order valence-electron chi connectivity index (χ3n) is 3.04. The van der Waals surface area contributed by atoms with Crippen LogP contribution in [0.25, 0.3) is 0 Å². The summed E-state index contributed by atoms with van der Waals surface area (Å²) in [7, 11) is 0. The number of carbonyl (C=O) groups excluding carboxylic acids is 2. The van der Waals surface area contributed by atoms with Crippen LogP contribution in [0.5, 0.6) is 0 Å². The van der Waals surface area contributed by atoms with Gasteiger partial charge in [-0.1, -0.05) is 23.7 Å². The lowest BCUT2D eigenvalue weighted by atomic mass is 9.95. The summed E-state index contributed by atoms with van der Waals surface area (Å²) in [6.45, 7) is -0.306. The molecule has 0 aliphatic carbocycles. The van der Waals surface area contributed by atoms with Gasteiger partial charge in [0.15, 0.2) is 6.61 Å². The summed E-state index contributed by atoms with van der Waals surface area (Å²) in [6, 6.07) is 4.74. The number of carbonyl (C=O) groups is 2. The van der Waals surface area contributed by atoms with Gasteiger partial charge in [-0.15, -0.1) is 0 Å². The maximum Gasteiger partial charge on any atom is 0.422 e. The lowest BCUT2D eigenvalue weighted by Gasteiger charge is -2.28. The van der Waals surface area contributed by atoms with Crippen molar-refractivity contribution in [1.82, 2.24) is 10.6 Å². The zero-order valence-corrected chi connectivity index (χ0v) is 12.6. The summed E-state index contributed by atoms with van der Waals surface area (Å²) in [5, 5.41) is 5.16. The molecule has 124 valence electrons. The van der Waals surface area contributed by atoms with E-state index in [0.29, 0.717) is 10.6 Å². The van der Waals surface area contributed by atoms with E-state index in [1.54, 1.807) is 18.2 Å². The molecule has 0 aromatic heterocycles. The number of amides is 2. The van der Waals surface area contributed by atoms with Gasteiger partial charge in [-0.25, -0.2) is 9.59 Å². The normalized spacial score (nSPS) is 18.3. The monoisotopic (exact) mass is 348 g/mol. The van der Waals surface area contributed by atoms with Crippen LogP contribution in [0.2, 0.25) is 5.02 Å². The first-order valence-electron chi connectivity index (χ1n) is 6.45. The smallest absolute Gasteiger partial charge is 0.422 e. The molecule has 1 atom stereocenters. The third-order valence-corrected chi connectivity index (χ3v) is 3.27. The second-order valence-electron chi connectivity index (χ2n) is 4.82. The minimum absolute atomic E-state index is 0.115. The average Bonchev–Trinajstić information content (AvgIpc) is 2.43. The number of alkyl halides is 3. The first-order valence-corrected chi connectivity index (χ1v) is 6.83. The summed E-state index contributed by atoms with van der Waals surface area (Å²) in [6.07, 6.45) is -4.64. The van der Waals surface area contributed by atoms with Crippen LogP contribution in [-0.4, -0.2) is 24.8 Å². The van der Waals surface area contributed by atoms with Crippen molar-refractivity contribution < 1.29 is 27.5 Å². The molecular formula is C14H12ClF3N2O3. The highest BCUT2D eigenvalue weighted by Crippen LogP contribution is 2.29. The van der Waals surface area contributed by atoms with Gasteiger partial charge in [0.25, 0.3) is 0 Å². The van der Waals surface area contributed by atoms with E-state index < -0.39 is 30.8 Å². The van der Waals surface area contributed by atoms with Crippen LogP contribution in [0.4, 0.5) is 18.0 Å². The van der Waals surface area contributed by atoms with E-state index in [1.165, 1.54) is 13.0 Å². The molecule has 0 saturated carbocycles. The Hall–Kier alpha value is -2.22. The molecule has 2 rings (SSSR count). The number of rotatable bonds is 3. The molecule has 0 saturated heterocycles. The van der Waals surface area contributed by atoms with Crippen LogP contribution in [0.1, 0.15) is 18.5 Å². The van der Waals surface area contributed by atoms with E-state index >= 15 is 0 Å². The second-order valence-corrected chi connectivity index (χ2v) is 5.25. The van der Waals surface area contributed by atoms with Crippen molar-refractivity contribution in [3.63, 3.8) is 0 Å². The molecule has 0 radical (unpaired) electrons. The zero-order valence-electron chi connectivity index (χ0n) is 11.8. The predicted octanol–water partition coefficient (Wildman–Crippen LogP) is 3.07. The SMILES string of the molecule is CC1=C(C(=O)OCC(F)(F)F)[C@H](c2cccc(Cl)c2)NC(=O)N1. The van der Waals surface area contributed by atoms with E-state index in [1.807, 2.05) is 0 Å². The molecule has 1 aliphatic heterocycles. The standard InChI is InChI=1S/C14H12ClF3N2O3/c1-7-10(12(21)23-6-14(16,17)18)11(20-13(22)19-7)8-3-2-4-9(15)5-8/h2-5,11H,6H2,1H3,(H2,19,20,22)/t11-/m0/s1. The number of urea groups is 1. The van der Waals surface area contributed by atoms with Crippen molar-refractivity contribution in [3.05, 3.63) is 46.1 Å². The van der Waals surface area contributed by atoms with Crippen LogP contribution in [0, 0.1) is 0 Å². The summed E-state index contributed by atoms with van der Waals surface area (Å²) in [4.78, 5) is 23.6. The van der Waals surface area contributed by atoms with Gasteiger partial charge in [0.2, 0.25) is 0 Å². The van der Waals surface area contributed by atoms with E-state index in [2.05, 4.69) is 15.4 Å². The Kier molecular flexibility index (Phi) is 4.84. The van der Waals surface area contributed by atoms with Gasteiger partial charge in [0, 0.05) is 10.7 Å². The molecule has 1 aromatic rings. The fraction of sp³-hybridized carbons (Fsp3) is 0.286. The number of hydrogen-bond acceptors (Lipinski definition) is 3. The molecule has 1 heterocycles. The summed E-state index contributed by atoms with van der Waals surface area (Å²) in [5.41, 5.74) is 0.452. The molecule has 1 aromatic carbocycles. The topological polar surface area (TPSA) is 67.4 Å². The lowest BCUT2D eigenvalue weighted by molar-refractivity contribution is -0.183. The number of nitrogens with one attached hydrogen (secondary N) is 2. The number of benzene rings is 1. The first kappa shape index (κ1) is 17.1. The molecule has 1 aliphatic rings. The molecule has 0 fully saturated rings. The van der Waals surface area contributed by atoms with Crippen molar-refractivity contribution >= 4 is 23.6 Å². The summed E-state index contributed by atoms with van der Waals surface area (Å²) < 4.78 is 40.9. The number of esters is 1. The van der Waals surface area contributed by atoms with Crippen LogP contribution < -0.4 is 10.6 Å². The molecule has 0 bridgehead atoms. The molecule has 9 heteroatoms. The Morgan fingerprint density at radius 3 is 2.70 bits per heavy atom. The largest absolute Gasteiger partial charge is 0.453 e. The summed E-state index contributed by atoms with van der Waals surface area (Å²) >= 11 is 5.88. The number of halogens is 4. The molecule has 23 heavy (non-hydrogen) atoms. The van der Waals surface area contributed by atoms with Crippen molar-refractivity contribution in [2.24, 2.45) is 0 Å². The number of ether oxygens (including phenoxy) is 1. The Labute approximate surface area is 134 Å². The van der Waals surface area contributed by atoms with Gasteiger partial charge in [0.1, 0.15) is 0 Å². The Morgan fingerprint density at radius 1 is 1.39 bits per heavy atom. The van der Waals surface area contributed by atoms with Crippen molar-refractivity contribution in [1.29, 1.82) is 0 Å². The molecular weight excluding hydrogens is 337 g/mol.